The van der Waals surface area contributed by atoms with Crippen LogP contribution in [0.2, 0.25) is 0 Å². The van der Waals surface area contributed by atoms with Crippen LogP contribution < -0.4 is 4.74 Å². The third kappa shape index (κ3) is 3.72. The molecule has 7 nitrogen and oxygen atoms in total. The molecule has 0 unspecified atom stereocenters. The minimum atomic E-state index is -1.15. The van der Waals surface area contributed by atoms with Gasteiger partial charge in [-0.25, -0.2) is 4.68 Å². The Morgan fingerprint density at radius 2 is 2.15 bits per heavy atom. The van der Waals surface area contributed by atoms with E-state index in [-0.39, 0.29) is 24.9 Å². The van der Waals surface area contributed by atoms with Gasteiger partial charge in [-0.1, -0.05) is 23.4 Å². The van der Waals surface area contributed by atoms with Gasteiger partial charge in [-0.15, -0.1) is 5.10 Å². The summed E-state index contributed by atoms with van der Waals surface area (Å²) in [6, 6.07) is 7.68. The fourth-order valence-electron chi connectivity index (χ4n) is 3.32. The van der Waals surface area contributed by atoms with E-state index in [2.05, 4.69) is 10.3 Å². The Hall–Kier alpha value is -2.41. The van der Waals surface area contributed by atoms with E-state index < -0.39 is 5.60 Å². The standard InChI is InChI=1S/C19H26N4O3/c1-14(2)23-12-17(20-21-23)19(25)9-6-10-22(13-19)18(24)11-15-7-4-5-8-16(15)26-3/h4-5,7-8,12,14,25H,6,9-11,13H2,1-3H3/t19-/m0/s1. The van der Waals surface area contributed by atoms with E-state index in [0.29, 0.717) is 24.4 Å². The molecule has 3 rings (SSSR count). The van der Waals surface area contributed by atoms with Gasteiger partial charge >= 0.3 is 0 Å². The maximum atomic E-state index is 12.8. The number of nitrogens with zero attached hydrogens (tertiary/aromatic N) is 4. The zero-order valence-corrected chi connectivity index (χ0v) is 15.6. The monoisotopic (exact) mass is 358 g/mol. The van der Waals surface area contributed by atoms with E-state index >= 15 is 0 Å². The number of methoxy groups -OCH3 is 1. The molecule has 0 aliphatic carbocycles. The maximum Gasteiger partial charge on any atom is 0.227 e. The van der Waals surface area contributed by atoms with Crippen molar-refractivity contribution in [2.45, 2.75) is 44.8 Å². The number of benzene rings is 1. The second kappa shape index (κ2) is 7.45. The zero-order valence-electron chi connectivity index (χ0n) is 15.6. The number of carbonyl (C=O) groups excluding carboxylic acids is 1. The van der Waals surface area contributed by atoms with Crippen LogP contribution in [0.5, 0.6) is 5.75 Å². The highest BCUT2D eigenvalue weighted by Crippen LogP contribution is 2.31. The fourth-order valence-corrected chi connectivity index (χ4v) is 3.32. The molecule has 1 aliphatic heterocycles. The van der Waals surface area contributed by atoms with E-state index in [0.717, 1.165) is 12.0 Å². The SMILES string of the molecule is COc1ccccc1CC(=O)N1CCC[C@@](O)(c2cn(C(C)C)nn2)C1. The highest BCUT2D eigenvalue weighted by atomic mass is 16.5. The van der Waals surface area contributed by atoms with Gasteiger partial charge in [0.25, 0.3) is 0 Å². The van der Waals surface area contributed by atoms with E-state index in [1.807, 2.05) is 38.1 Å². The summed E-state index contributed by atoms with van der Waals surface area (Å²) in [7, 11) is 1.60. The molecule has 1 aliphatic rings. The van der Waals surface area contributed by atoms with Crippen molar-refractivity contribution < 1.29 is 14.6 Å². The van der Waals surface area contributed by atoms with Crippen molar-refractivity contribution in [3.8, 4) is 5.75 Å². The average molecular weight is 358 g/mol. The summed E-state index contributed by atoms with van der Waals surface area (Å²) in [5.41, 5.74) is 0.225. The first-order valence-corrected chi connectivity index (χ1v) is 8.97. The quantitative estimate of drug-likeness (QED) is 0.883. The third-order valence-electron chi connectivity index (χ3n) is 4.87. The summed E-state index contributed by atoms with van der Waals surface area (Å²) in [4.78, 5) is 14.5. The van der Waals surface area contributed by atoms with Crippen molar-refractivity contribution in [1.82, 2.24) is 19.9 Å². The second-order valence-corrected chi connectivity index (χ2v) is 7.12. The van der Waals surface area contributed by atoms with Crippen molar-refractivity contribution in [3.05, 3.63) is 41.7 Å². The van der Waals surface area contributed by atoms with Crippen molar-refractivity contribution in [3.63, 3.8) is 0 Å². The van der Waals surface area contributed by atoms with Gasteiger partial charge in [0.2, 0.25) is 5.91 Å². The molecule has 1 aromatic carbocycles. The van der Waals surface area contributed by atoms with Crippen LogP contribution in [0, 0.1) is 0 Å². The van der Waals surface area contributed by atoms with Gasteiger partial charge in [-0.2, -0.15) is 0 Å². The van der Waals surface area contributed by atoms with Gasteiger partial charge in [0.1, 0.15) is 17.0 Å². The number of rotatable bonds is 5. The lowest BCUT2D eigenvalue weighted by Gasteiger charge is -2.38. The number of para-hydroxylation sites is 1. The Morgan fingerprint density at radius 1 is 1.38 bits per heavy atom. The lowest BCUT2D eigenvalue weighted by atomic mass is 9.89. The first-order valence-electron chi connectivity index (χ1n) is 8.97. The second-order valence-electron chi connectivity index (χ2n) is 7.12. The normalized spacial score (nSPS) is 20.4. The Morgan fingerprint density at radius 3 is 2.85 bits per heavy atom. The van der Waals surface area contributed by atoms with Crippen LogP contribution in [-0.2, 0) is 16.8 Å². The molecule has 1 amide bonds. The smallest absolute Gasteiger partial charge is 0.227 e. The largest absolute Gasteiger partial charge is 0.496 e. The molecule has 140 valence electrons. The van der Waals surface area contributed by atoms with Crippen LogP contribution in [0.3, 0.4) is 0 Å². The van der Waals surface area contributed by atoms with E-state index in [1.54, 1.807) is 22.9 Å². The zero-order chi connectivity index (χ0) is 18.7. The predicted molar refractivity (Wildman–Crippen MR) is 96.8 cm³/mol. The van der Waals surface area contributed by atoms with Crippen molar-refractivity contribution in [2.75, 3.05) is 20.2 Å². The van der Waals surface area contributed by atoms with Crippen molar-refractivity contribution >= 4 is 5.91 Å². The molecule has 2 heterocycles. The Bertz CT molecular complexity index is 774. The van der Waals surface area contributed by atoms with Crippen LogP contribution in [0.4, 0.5) is 0 Å². The topological polar surface area (TPSA) is 80.5 Å². The van der Waals surface area contributed by atoms with Gasteiger partial charge in [0, 0.05) is 18.2 Å². The van der Waals surface area contributed by atoms with Crippen molar-refractivity contribution in [2.24, 2.45) is 0 Å². The molecule has 0 radical (unpaired) electrons. The molecule has 2 aromatic rings. The van der Waals surface area contributed by atoms with Crippen LogP contribution >= 0.6 is 0 Å². The van der Waals surface area contributed by atoms with Crippen molar-refractivity contribution in [1.29, 1.82) is 0 Å². The van der Waals surface area contributed by atoms with Gasteiger partial charge in [-0.3, -0.25) is 4.79 Å². The lowest BCUT2D eigenvalue weighted by molar-refractivity contribution is -0.138. The summed E-state index contributed by atoms with van der Waals surface area (Å²) in [5, 5.41) is 19.3. The van der Waals surface area contributed by atoms with Crippen LogP contribution in [-0.4, -0.2) is 51.1 Å². The molecule has 1 atom stereocenters. The van der Waals surface area contributed by atoms with E-state index in [4.69, 9.17) is 4.74 Å². The number of hydrogen-bond acceptors (Lipinski definition) is 5. The summed E-state index contributed by atoms with van der Waals surface area (Å²) in [5.74, 6) is 0.678. The molecule has 1 fully saturated rings. The highest BCUT2D eigenvalue weighted by molar-refractivity contribution is 5.79. The summed E-state index contributed by atoms with van der Waals surface area (Å²) in [6.07, 6.45) is 3.32. The first-order chi connectivity index (χ1) is 12.4. The van der Waals surface area contributed by atoms with Gasteiger partial charge < -0.3 is 14.7 Å². The van der Waals surface area contributed by atoms with Crippen LogP contribution in [0.25, 0.3) is 0 Å². The molecular weight excluding hydrogens is 332 g/mol. The summed E-state index contributed by atoms with van der Waals surface area (Å²) < 4.78 is 7.05. The number of ether oxygens (including phenoxy) is 1. The van der Waals surface area contributed by atoms with Gasteiger partial charge in [0.15, 0.2) is 0 Å². The minimum Gasteiger partial charge on any atom is -0.496 e. The average Bonchev–Trinajstić information content (AvgIpc) is 3.13. The molecular formula is C19H26N4O3. The first kappa shape index (κ1) is 18.4. The predicted octanol–water partition coefficient (Wildman–Crippen LogP) is 1.92. The third-order valence-corrected chi connectivity index (χ3v) is 4.87. The molecule has 0 saturated carbocycles. The van der Waals surface area contributed by atoms with Crippen LogP contribution in [0.1, 0.15) is 44.0 Å². The minimum absolute atomic E-state index is 0.0242. The number of likely N-dealkylation sites (tertiary alicyclic amines) is 1. The number of piperidine rings is 1. The van der Waals surface area contributed by atoms with Crippen LogP contribution in [0.15, 0.2) is 30.5 Å². The lowest BCUT2D eigenvalue weighted by Crippen LogP contribution is -2.49. The summed E-state index contributed by atoms with van der Waals surface area (Å²) in [6.45, 7) is 4.88. The molecule has 1 aromatic heterocycles. The highest BCUT2D eigenvalue weighted by Gasteiger charge is 2.39. The number of hydrogen-bond donors (Lipinski definition) is 1. The molecule has 1 N–H and O–H groups in total. The number of aromatic nitrogens is 3. The molecule has 26 heavy (non-hydrogen) atoms. The van der Waals surface area contributed by atoms with Gasteiger partial charge in [-0.05, 0) is 32.8 Å². The summed E-state index contributed by atoms with van der Waals surface area (Å²) >= 11 is 0. The fraction of sp³-hybridized carbons (Fsp3) is 0.526. The Kier molecular flexibility index (Phi) is 5.27. The number of aliphatic hydroxyl groups is 1. The van der Waals surface area contributed by atoms with Gasteiger partial charge in [0.05, 0.1) is 26.3 Å². The van der Waals surface area contributed by atoms with E-state index in [1.165, 1.54) is 0 Å². The number of carbonyl (C=O) groups is 1. The molecule has 0 spiro atoms. The van der Waals surface area contributed by atoms with E-state index in [9.17, 15) is 9.90 Å². The Labute approximate surface area is 153 Å². The Balaban J connectivity index is 1.73. The number of amides is 1. The maximum absolute atomic E-state index is 12.8. The molecule has 0 bridgehead atoms. The number of β-amino-alcohol motifs (C(OH)–C–C–N with tert-alkyl or cyclic N) is 1. The molecule has 1 saturated heterocycles. The molecule has 7 heteroatoms.